The maximum atomic E-state index is 12.9. The monoisotopic (exact) mass is 322 g/mol. The van der Waals surface area contributed by atoms with Crippen LogP contribution in [0.1, 0.15) is 31.2 Å². The Morgan fingerprint density at radius 1 is 1.38 bits per heavy atom. The maximum Gasteiger partial charge on any atom is 0.281 e. The Kier molecular flexibility index (Phi) is 6.38. The second-order valence-electron chi connectivity index (χ2n) is 5.55. The number of hydrogen-bond acceptors (Lipinski definition) is 4. The molecule has 0 saturated heterocycles. The predicted molar refractivity (Wildman–Crippen MR) is 99.9 cm³/mol. The summed E-state index contributed by atoms with van der Waals surface area (Å²) in [5.74, 6) is 0. The lowest BCUT2D eigenvalue weighted by molar-refractivity contribution is 0.782. The van der Waals surface area contributed by atoms with E-state index in [4.69, 9.17) is 13.6 Å². The van der Waals surface area contributed by atoms with E-state index in [9.17, 15) is 4.79 Å². The van der Waals surface area contributed by atoms with Gasteiger partial charge in [0.15, 0.2) is 0 Å². The van der Waals surface area contributed by atoms with Gasteiger partial charge < -0.3 is 11.1 Å². The minimum absolute atomic E-state index is 0.139. The third kappa shape index (κ3) is 4.14. The van der Waals surface area contributed by atoms with Gasteiger partial charge in [-0.15, -0.1) is 0 Å². The van der Waals surface area contributed by atoms with Crippen LogP contribution in [0, 0.1) is 0 Å². The number of nitrogens with two attached hydrogens (primary N) is 1. The Balaban J connectivity index is 2.62. The van der Waals surface area contributed by atoms with Crippen molar-refractivity contribution in [2.24, 2.45) is 5.73 Å². The molecule has 1 aromatic heterocycles. The van der Waals surface area contributed by atoms with Gasteiger partial charge in [-0.3, -0.25) is 9.36 Å². The molecule has 0 aliphatic heterocycles. The van der Waals surface area contributed by atoms with Crippen LogP contribution in [0.5, 0.6) is 0 Å². The van der Waals surface area contributed by atoms with Gasteiger partial charge in [0.25, 0.3) is 5.56 Å². The fourth-order valence-corrected chi connectivity index (χ4v) is 2.49. The van der Waals surface area contributed by atoms with Crippen LogP contribution >= 0.6 is 0 Å². The molecule has 1 aromatic carbocycles. The third-order valence-corrected chi connectivity index (χ3v) is 3.77. The highest BCUT2D eigenvalue weighted by molar-refractivity contribution is 6.32. The number of nitrogens with one attached hydrogen (secondary N) is 1. The minimum Gasteiger partial charge on any atom is -0.394 e. The van der Waals surface area contributed by atoms with Crippen LogP contribution in [0.25, 0.3) is 11.3 Å². The van der Waals surface area contributed by atoms with E-state index in [0.29, 0.717) is 24.1 Å². The van der Waals surface area contributed by atoms with Crippen LogP contribution in [0.3, 0.4) is 0 Å². The predicted octanol–water partition coefficient (Wildman–Crippen LogP) is 0.888. The molecular weight excluding hydrogens is 299 g/mol. The van der Waals surface area contributed by atoms with E-state index in [1.807, 2.05) is 32.3 Å². The molecule has 0 fully saturated rings. The summed E-state index contributed by atoms with van der Waals surface area (Å²) in [5, 5.41) is 2.99. The Morgan fingerprint density at radius 3 is 2.67 bits per heavy atom. The van der Waals surface area contributed by atoms with E-state index in [0.717, 1.165) is 29.8 Å². The first kappa shape index (κ1) is 18.0. The number of rotatable bonds is 7. The molecule has 0 aliphatic rings. The van der Waals surface area contributed by atoms with Gasteiger partial charge in [0.2, 0.25) is 0 Å². The Morgan fingerprint density at radius 2 is 2.08 bits per heavy atom. The van der Waals surface area contributed by atoms with Crippen molar-refractivity contribution >= 4 is 18.9 Å². The third-order valence-electron chi connectivity index (χ3n) is 3.77. The lowest BCUT2D eigenvalue weighted by Gasteiger charge is -2.13. The molecule has 0 unspecified atom stereocenters. The molecule has 0 bridgehead atoms. The normalized spacial score (nSPS) is 11.5. The van der Waals surface area contributed by atoms with Crippen LogP contribution in [-0.2, 0) is 6.42 Å². The number of allylic oxidation sites excluding steroid dienone is 1. The number of nitrogens with zero attached hydrogens (tertiary/aromatic N) is 2. The van der Waals surface area contributed by atoms with E-state index in [1.54, 1.807) is 22.9 Å². The molecule has 2 radical (unpaired) electrons. The number of benzene rings is 1. The van der Waals surface area contributed by atoms with Crippen molar-refractivity contribution < 1.29 is 0 Å². The van der Waals surface area contributed by atoms with Crippen molar-refractivity contribution in [1.82, 2.24) is 14.9 Å². The first-order valence-electron chi connectivity index (χ1n) is 8.16. The summed E-state index contributed by atoms with van der Waals surface area (Å²) in [7, 11) is 7.56. The molecule has 3 N–H and O–H groups in total. The molecule has 124 valence electrons. The zero-order valence-corrected chi connectivity index (χ0v) is 14.2. The van der Waals surface area contributed by atoms with Gasteiger partial charge in [-0.05, 0) is 43.5 Å². The number of aromatic nitrogens is 2. The van der Waals surface area contributed by atoms with E-state index in [1.165, 1.54) is 0 Å². The van der Waals surface area contributed by atoms with Crippen molar-refractivity contribution in [1.29, 1.82) is 0 Å². The van der Waals surface area contributed by atoms with E-state index in [-0.39, 0.29) is 5.56 Å². The Hall–Kier alpha value is -2.34. The molecule has 0 amide bonds. The summed E-state index contributed by atoms with van der Waals surface area (Å²) >= 11 is 0. The van der Waals surface area contributed by atoms with Crippen LogP contribution in [-0.4, -0.2) is 31.0 Å². The summed E-state index contributed by atoms with van der Waals surface area (Å²) < 4.78 is 1.63. The number of aryl methyl sites for hydroxylation is 1. The highest BCUT2D eigenvalue weighted by Gasteiger charge is 2.13. The topological polar surface area (TPSA) is 72.9 Å². The van der Waals surface area contributed by atoms with E-state index < -0.39 is 0 Å². The zero-order valence-electron chi connectivity index (χ0n) is 14.2. The van der Waals surface area contributed by atoms with E-state index in [2.05, 4.69) is 10.3 Å². The van der Waals surface area contributed by atoms with Gasteiger partial charge in [-0.2, -0.15) is 0 Å². The van der Waals surface area contributed by atoms with Gasteiger partial charge in [-0.1, -0.05) is 24.5 Å². The Bertz CT molecular complexity index is 766. The molecule has 0 aliphatic carbocycles. The lowest BCUT2D eigenvalue weighted by Crippen LogP contribution is -2.25. The smallest absolute Gasteiger partial charge is 0.281 e. The average molecular weight is 322 g/mol. The highest BCUT2D eigenvalue weighted by Crippen LogP contribution is 2.14. The average Bonchev–Trinajstić information content (AvgIpc) is 2.60. The molecule has 5 nitrogen and oxygen atoms in total. The standard InChI is InChI=1S/C18H23BN4O/c1-3-13(11-21-2)17-18(24)23(12-15(22-17)5-4-10-20)16-8-6-14(19)7-9-16/h6-9,11-12,21H,3-5,10,20H2,1-2H3/b13-11+. The molecule has 1 heterocycles. The quantitative estimate of drug-likeness (QED) is 0.743. The molecule has 2 rings (SSSR count). The first-order valence-corrected chi connectivity index (χ1v) is 8.16. The van der Waals surface area contributed by atoms with Crippen LogP contribution < -0.4 is 22.1 Å². The second kappa shape index (κ2) is 8.50. The van der Waals surface area contributed by atoms with Crippen molar-refractivity contribution in [2.75, 3.05) is 13.6 Å². The van der Waals surface area contributed by atoms with Gasteiger partial charge in [0, 0.05) is 25.1 Å². The highest BCUT2D eigenvalue weighted by atomic mass is 16.1. The summed E-state index contributed by atoms with van der Waals surface area (Å²) in [4.78, 5) is 17.5. The Labute approximate surface area is 144 Å². The summed E-state index contributed by atoms with van der Waals surface area (Å²) in [5.41, 5.74) is 9.10. The van der Waals surface area contributed by atoms with Crippen LogP contribution in [0.2, 0.25) is 0 Å². The van der Waals surface area contributed by atoms with Crippen LogP contribution in [0.4, 0.5) is 0 Å². The molecule has 0 spiro atoms. The number of hydrogen-bond donors (Lipinski definition) is 2. The molecule has 2 aromatic rings. The largest absolute Gasteiger partial charge is 0.394 e. The molecule has 0 atom stereocenters. The maximum absolute atomic E-state index is 12.9. The molecule has 0 saturated carbocycles. The van der Waals surface area contributed by atoms with Crippen LogP contribution in [0.15, 0.2) is 41.5 Å². The van der Waals surface area contributed by atoms with E-state index >= 15 is 0 Å². The van der Waals surface area contributed by atoms with Crippen molar-refractivity contribution in [3.05, 3.63) is 58.4 Å². The van der Waals surface area contributed by atoms with Crippen molar-refractivity contribution in [3.8, 4) is 5.69 Å². The van der Waals surface area contributed by atoms with Gasteiger partial charge in [0.1, 0.15) is 13.5 Å². The molecular formula is C18H23BN4O. The fraction of sp³-hybridized carbons (Fsp3) is 0.333. The first-order chi connectivity index (χ1) is 11.6. The minimum atomic E-state index is -0.139. The summed E-state index contributed by atoms with van der Waals surface area (Å²) in [6, 6.07) is 7.23. The zero-order chi connectivity index (χ0) is 17.5. The summed E-state index contributed by atoms with van der Waals surface area (Å²) in [6.45, 7) is 2.59. The van der Waals surface area contributed by atoms with Gasteiger partial charge in [0.05, 0.1) is 5.69 Å². The molecule has 6 heteroatoms. The van der Waals surface area contributed by atoms with Crippen molar-refractivity contribution in [3.63, 3.8) is 0 Å². The van der Waals surface area contributed by atoms with Gasteiger partial charge in [-0.25, -0.2) is 4.98 Å². The second-order valence-corrected chi connectivity index (χ2v) is 5.55. The SMILES string of the molecule is [B]c1ccc(-n2cc(CCCN)nc(/C(=C/NC)CC)c2=O)cc1. The fourth-order valence-electron chi connectivity index (χ4n) is 2.49. The van der Waals surface area contributed by atoms with Gasteiger partial charge >= 0.3 is 0 Å². The lowest BCUT2D eigenvalue weighted by atomic mass is 9.96. The summed E-state index contributed by atoms with van der Waals surface area (Å²) in [6.07, 6.45) is 5.88. The molecule has 24 heavy (non-hydrogen) atoms. The van der Waals surface area contributed by atoms with Crippen molar-refractivity contribution in [2.45, 2.75) is 26.2 Å².